The van der Waals surface area contributed by atoms with Gasteiger partial charge in [0.1, 0.15) is 5.60 Å². The molecule has 1 aliphatic carbocycles. The molecular weight excluding hydrogens is 509 g/mol. The summed E-state index contributed by atoms with van der Waals surface area (Å²) in [5.74, 6) is -0.945. The summed E-state index contributed by atoms with van der Waals surface area (Å²) >= 11 is 6.27. The van der Waals surface area contributed by atoms with E-state index in [9.17, 15) is 27.9 Å². The zero-order chi connectivity index (χ0) is 26.4. The first-order valence-corrected chi connectivity index (χ1v) is 11.7. The number of aromatic nitrogens is 2. The lowest BCUT2D eigenvalue weighted by Gasteiger charge is -2.12. The molecule has 37 heavy (non-hydrogen) atoms. The number of nitrogens with zero attached hydrogens (tertiary/aromatic N) is 2. The molecule has 0 unspecified atom stereocenters. The minimum atomic E-state index is -4.44. The van der Waals surface area contributed by atoms with Crippen LogP contribution in [-0.4, -0.2) is 32.3 Å². The maximum Gasteiger partial charge on any atom is 0.416 e. The van der Waals surface area contributed by atoms with Crippen molar-refractivity contribution in [1.82, 2.24) is 15.1 Å². The fourth-order valence-electron chi connectivity index (χ4n) is 3.90. The van der Waals surface area contributed by atoms with Crippen LogP contribution in [0.3, 0.4) is 0 Å². The van der Waals surface area contributed by atoms with E-state index in [0.29, 0.717) is 40.7 Å². The fraction of sp³-hybridized carbons (Fsp3) is 0.192. The van der Waals surface area contributed by atoms with E-state index in [2.05, 4.69) is 15.7 Å². The van der Waals surface area contributed by atoms with Gasteiger partial charge in [-0.1, -0.05) is 23.7 Å². The Balaban J connectivity index is 1.36. The normalized spacial score (nSPS) is 14.4. The Morgan fingerprint density at radius 2 is 1.81 bits per heavy atom. The van der Waals surface area contributed by atoms with E-state index in [1.54, 1.807) is 36.4 Å². The molecule has 1 aliphatic rings. The van der Waals surface area contributed by atoms with Crippen LogP contribution in [0.5, 0.6) is 0 Å². The molecule has 3 N–H and O–H groups in total. The number of benzene rings is 3. The summed E-state index contributed by atoms with van der Waals surface area (Å²) < 4.78 is 40.2. The van der Waals surface area contributed by atoms with Gasteiger partial charge in [0.25, 0.3) is 11.8 Å². The van der Waals surface area contributed by atoms with E-state index in [-0.39, 0.29) is 17.1 Å². The maximum absolute atomic E-state index is 13.1. The highest BCUT2D eigenvalue weighted by atomic mass is 35.5. The van der Waals surface area contributed by atoms with Crippen molar-refractivity contribution in [3.05, 3.63) is 88.6 Å². The van der Waals surface area contributed by atoms with Crippen LogP contribution in [0.15, 0.2) is 66.9 Å². The quantitative estimate of drug-likeness (QED) is 0.325. The second kappa shape index (κ2) is 9.20. The van der Waals surface area contributed by atoms with Gasteiger partial charge >= 0.3 is 6.18 Å². The van der Waals surface area contributed by atoms with Crippen LogP contribution >= 0.6 is 11.6 Å². The Morgan fingerprint density at radius 3 is 2.49 bits per heavy atom. The van der Waals surface area contributed by atoms with Crippen LogP contribution in [0.4, 0.5) is 18.9 Å². The number of fused-ring (bicyclic) bond motifs is 1. The van der Waals surface area contributed by atoms with E-state index in [0.717, 1.165) is 12.1 Å². The highest BCUT2D eigenvalue weighted by molar-refractivity contribution is 6.34. The molecule has 0 aliphatic heterocycles. The van der Waals surface area contributed by atoms with Gasteiger partial charge in [-0.05, 0) is 66.9 Å². The molecule has 1 aromatic heterocycles. The zero-order valence-corrected chi connectivity index (χ0v) is 19.9. The number of nitrogens with one attached hydrogen (secondary N) is 2. The number of alkyl halides is 3. The lowest BCUT2D eigenvalue weighted by molar-refractivity contribution is -0.137. The second-order valence-electron chi connectivity index (χ2n) is 8.82. The summed E-state index contributed by atoms with van der Waals surface area (Å²) in [7, 11) is 0. The van der Waals surface area contributed by atoms with Crippen molar-refractivity contribution >= 4 is 40.0 Å². The van der Waals surface area contributed by atoms with Gasteiger partial charge in [-0.15, -0.1) is 0 Å². The van der Waals surface area contributed by atoms with Gasteiger partial charge in [-0.25, -0.2) is 4.68 Å². The Labute approximate surface area is 213 Å². The van der Waals surface area contributed by atoms with Crippen molar-refractivity contribution in [2.24, 2.45) is 0 Å². The zero-order valence-electron chi connectivity index (χ0n) is 19.1. The van der Waals surface area contributed by atoms with Crippen molar-refractivity contribution < 1.29 is 27.9 Å². The second-order valence-corrected chi connectivity index (χ2v) is 9.23. The third-order valence-electron chi connectivity index (χ3n) is 6.18. The summed E-state index contributed by atoms with van der Waals surface area (Å²) in [6.45, 7) is 0.119. The smallest absolute Gasteiger partial charge is 0.380 e. The summed E-state index contributed by atoms with van der Waals surface area (Å²) in [4.78, 5) is 25.1. The first-order valence-electron chi connectivity index (χ1n) is 11.3. The van der Waals surface area contributed by atoms with Crippen molar-refractivity contribution in [2.75, 3.05) is 5.32 Å². The minimum absolute atomic E-state index is 0.119. The van der Waals surface area contributed by atoms with E-state index >= 15 is 0 Å². The topological polar surface area (TPSA) is 96.3 Å². The number of carbonyl (C=O) groups is 2. The van der Waals surface area contributed by atoms with Crippen molar-refractivity contribution in [3.63, 3.8) is 0 Å². The molecule has 3 aromatic carbocycles. The molecule has 7 nitrogen and oxygen atoms in total. The monoisotopic (exact) mass is 528 g/mol. The van der Waals surface area contributed by atoms with Gasteiger partial charge in [0.15, 0.2) is 0 Å². The minimum Gasteiger partial charge on any atom is -0.380 e. The molecule has 5 rings (SSSR count). The van der Waals surface area contributed by atoms with E-state index in [1.807, 2.05) is 0 Å². The van der Waals surface area contributed by atoms with Gasteiger partial charge in [-0.2, -0.15) is 18.3 Å². The van der Waals surface area contributed by atoms with Crippen molar-refractivity contribution in [1.29, 1.82) is 0 Å². The van der Waals surface area contributed by atoms with Crippen LogP contribution in [0.25, 0.3) is 16.6 Å². The number of rotatable bonds is 6. The number of amides is 2. The molecule has 0 atom stereocenters. The number of hydrogen-bond donors (Lipinski definition) is 3. The molecule has 0 saturated heterocycles. The van der Waals surface area contributed by atoms with Gasteiger partial charge in [-0.3, -0.25) is 9.59 Å². The average molecular weight is 529 g/mol. The molecule has 11 heteroatoms. The highest BCUT2D eigenvalue weighted by Crippen LogP contribution is 2.35. The largest absolute Gasteiger partial charge is 0.416 e. The van der Waals surface area contributed by atoms with Crippen LogP contribution in [0.2, 0.25) is 5.02 Å². The van der Waals surface area contributed by atoms with E-state index < -0.39 is 29.2 Å². The van der Waals surface area contributed by atoms with Crippen LogP contribution in [0.1, 0.15) is 34.3 Å². The number of hydrogen-bond acceptors (Lipinski definition) is 4. The Hall–Kier alpha value is -3.89. The standard InChI is InChI=1S/C26H20ClF3N4O3/c27-20-9-4-15(13-31-24(36)25(37)10-11-25)12-18(20)23(35)33-21-2-1-3-22-19(21)14-32-34(22)17-7-5-16(6-8-17)26(28,29)30/h1-9,12,14,37H,10-11,13H2,(H,31,36)(H,33,35). The summed E-state index contributed by atoms with van der Waals surface area (Å²) in [6.07, 6.45) is -2.08. The molecule has 4 aromatic rings. The van der Waals surface area contributed by atoms with Crippen LogP contribution in [-0.2, 0) is 17.5 Å². The third-order valence-corrected chi connectivity index (χ3v) is 6.51. The van der Waals surface area contributed by atoms with E-state index in [1.165, 1.54) is 23.0 Å². The van der Waals surface area contributed by atoms with E-state index in [4.69, 9.17) is 11.6 Å². The first-order chi connectivity index (χ1) is 17.5. The number of halogens is 4. The van der Waals surface area contributed by atoms with Crippen molar-refractivity contribution in [2.45, 2.75) is 31.2 Å². The van der Waals surface area contributed by atoms with Crippen molar-refractivity contribution in [3.8, 4) is 5.69 Å². The molecule has 1 fully saturated rings. The molecule has 2 amide bonds. The van der Waals surface area contributed by atoms with Gasteiger partial charge in [0.05, 0.1) is 39.2 Å². The molecule has 0 radical (unpaired) electrons. The summed E-state index contributed by atoms with van der Waals surface area (Å²) in [5.41, 5.74) is 0.203. The summed E-state index contributed by atoms with van der Waals surface area (Å²) in [5, 5.41) is 20.4. The number of aliphatic hydroxyl groups is 1. The maximum atomic E-state index is 13.1. The third kappa shape index (κ3) is 5.03. The average Bonchev–Trinajstić information content (AvgIpc) is 3.47. The van der Waals surface area contributed by atoms with Gasteiger partial charge < -0.3 is 15.7 Å². The Kier molecular flexibility index (Phi) is 6.17. The van der Waals surface area contributed by atoms with Crippen LogP contribution < -0.4 is 10.6 Å². The predicted molar refractivity (Wildman–Crippen MR) is 132 cm³/mol. The van der Waals surface area contributed by atoms with Crippen LogP contribution in [0, 0.1) is 0 Å². The Morgan fingerprint density at radius 1 is 1.08 bits per heavy atom. The Bertz CT molecular complexity index is 1510. The molecule has 0 bridgehead atoms. The highest BCUT2D eigenvalue weighted by Gasteiger charge is 2.47. The predicted octanol–water partition coefficient (Wildman–Crippen LogP) is 5.09. The molecule has 190 valence electrons. The fourth-order valence-corrected chi connectivity index (χ4v) is 4.10. The summed E-state index contributed by atoms with van der Waals surface area (Å²) in [6, 6.07) is 14.5. The number of anilines is 1. The lowest BCUT2D eigenvalue weighted by Crippen LogP contribution is -2.35. The van der Waals surface area contributed by atoms with Gasteiger partial charge in [0.2, 0.25) is 0 Å². The lowest BCUT2D eigenvalue weighted by atomic mass is 10.1. The SMILES string of the molecule is O=C(Nc1cccc2c1cnn2-c1ccc(C(F)(F)F)cc1)c1cc(CNC(=O)C2(O)CC2)ccc1Cl. The first kappa shape index (κ1) is 24.8. The number of carbonyl (C=O) groups excluding carboxylic acids is 2. The molecule has 0 spiro atoms. The van der Waals surface area contributed by atoms with Gasteiger partial charge in [0, 0.05) is 11.9 Å². The molecule has 1 saturated carbocycles. The molecule has 1 heterocycles. The molecular formula is C26H20ClF3N4O3.